The van der Waals surface area contributed by atoms with Gasteiger partial charge in [0.05, 0.1) is 5.60 Å². The van der Waals surface area contributed by atoms with Gasteiger partial charge in [-0.05, 0) is 18.2 Å². The van der Waals surface area contributed by atoms with Crippen LogP contribution in [-0.4, -0.2) is 30.5 Å². The topological polar surface area (TPSA) is 41.5 Å². The molecule has 0 amide bonds. The third-order valence-corrected chi connectivity index (χ3v) is 5.43. The van der Waals surface area contributed by atoms with Gasteiger partial charge in [0.25, 0.3) is 0 Å². The molecule has 1 aromatic heterocycles. The number of halogens is 1. The van der Waals surface area contributed by atoms with Crippen molar-refractivity contribution in [3.63, 3.8) is 0 Å². The Hall–Kier alpha value is -0.910. The van der Waals surface area contributed by atoms with Crippen LogP contribution in [0, 0.1) is 0 Å². The highest BCUT2D eigenvalue weighted by Crippen LogP contribution is 2.33. The van der Waals surface area contributed by atoms with Gasteiger partial charge in [-0.15, -0.1) is 11.3 Å². The van der Waals surface area contributed by atoms with E-state index in [2.05, 4.69) is 17.4 Å². The molecule has 0 saturated carbocycles. The second-order valence-electron chi connectivity index (χ2n) is 5.69. The lowest BCUT2D eigenvalue weighted by molar-refractivity contribution is -0.0616. The Balaban J connectivity index is 1.57. The molecular formula is C17H20ClNO2S. The van der Waals surface area contributed by atoms with Crippen molar-refractivity contribution in [3.05, 3.63) is 46.3 Å². The highest BCUT2D eigenvalue weighted by Gasteiger charge is 2.29. The average Bonchev–Trinajstić information content (AvgIpc) is 2.97. The molecule has 2 aromatic rings. The van der Waals surface area contributed by atoms with E-state index in [4.69, 9.17) is 16.3 Å². The number of hydrogen-bond donors (Lipinski definition) is 2. The molecule has 5 heteroatoms. The summed E-state index contributed by atoms with van der Waals surface area (Å²) < 4.78 is 5.29. The molecular weight excluding hydrogens is 318 g/mol. The molecule has 1 fully saturated rings. The van der Waals surface area contributed by atoms with E-state index in [1.165, 1.54) is 9.75 Å². The molecule has 2 heterocycles. The maximum Gasteiger partial charge on any atom is 0.0815 e. The van der Waals surface area contributed by atoms with Gasteiger partial charge >= 0.3 is 0 Å². The summed E-state index contributed by atoms with van der Waals surface area (Å²) in [6, 6.07) is 12.1. The summed E-state index contributed by atoms with van der Waals surface area (Å²) in [5.74, 6) is 0. The maximum absolute atomic E-state index is 10.4. The van der Waals surface area contributed by atoms with Crippen molar-refractivity contribution in [1.29, 1.82) is 0 Å². The first-order chi connectivity index (χ1) is 10.7. The van der Waals surface area contributed by atoms with Gasteiger partial charge in [-0.1, -0.05) is 29.8 Å². The molecule has 0 aliphatic carbocycles. The first-order valence-electron chi connectivity index (χ1n) is 7.51. The molecule has 0 unspecified atom stereocenters. The Labute approximate surface area is 139 Å². The van der Waals surface area contributed by atoms with Crippen LogP contribution in [0.1, 0.15) is 17.7 Å². The fourth-order valence-electron chi connectivity index (χ4n) is 2.63. The van der Waals surface area contributed by atoms with E-state index < -0.39 is 5.60 Å². The highest BCUT2D eigenvalue weighted by molar-refractivity contribution is 7.15. The Morgan fingerprint density at radius 3 is 2.73 bits per heavy atom. The Bertz CT molecular complexity index is 623. The van der Waals surface area contributed by atoms with E-state index in [-0.39, 0.29) is 0 Å². The number of thiophene rings is 1. The van der Waals surface area contributed by atoms with Crippen LogP contribution in [0.4, 0.5) is 0 Å². The minimum Gasteiger partial charge on any atom is -0.388 e. The lowest BCUT2D eigenvalue weighted by Gasteiger charge is -2.32. The molecule has 0 spiro atoms. The predicted octanol–water partition coefficient (Wildman–Crippen LogP) is 3.70. The first kappa shape index (κ1) is 16.0. The van der Waals surface area contributed by atoms with Crippen LogP contribution >= 0.6 is 22.9 Å². The Morgan fingerprint density at radius 2 is 1.95 bits per heavy atom. The van der Waals surface area contributed by atoms with Crippen molar-refractivity contribution in [2.75, 3.05) is 19.8 Å². The van der Waals surface area contributed by atoms with Crippen molar-refractivity contribution in [2.45, 2.75) is 25.0 Å². The number of nitrogens with one attached hydrogen (secondary N) is 1. The van der Waals surface area contributed by atoms with Gasteiger partial charge in [0.15, 0.2) is 0 Å². The molecule has 1 aromatic carbocycles. The van der Waals surface area contributed by atoms with Crippen molar-refractivity contribution in [2.24, 2.45) is 0 Å². The summed E-state index contributed by atoms with van der Waals surface area (Å²) >= 11 is 7.97. The molecule has 22 heavy (non-hydrogen) atoms. The molecule has 2 N–H and O–H groups in total. The predicted molar refractivity (Wildman–Crippen MR) is 91.5 cm³/mol. The molecule has 118 valence electrons. The van der Waals surface area contributed by atoms with Crippen LogP contribution in [0.25, 0.3) is 10.4 Å². The minimum atomic E-state index is -0.624. The van der Waals surface area contributed by atoms with Gasteiger partial charge in [0, 0.05) is 59.5 Å². The van der Waals surface area contributed by atoms with Crippen molar-refractivity contribution >= 4 is 22.9 Å². The standard InChI is InChI=1S/C17H20ClNO2S/c18-15-4-2-1-3-14(15)16-6-5-13(22-16)11-19-12-17(20)7-9-21-10-8-17/h1-6,19-20H,7-12H2. The van der Waals surface area contributed by atoms with E-state index in [0.29, 0.717) is 32.6 Å². The molecule has 1 aliphatic rings. The van der Waals surface area contributed by atoms with Crippen LogP contribution in [0.3, 0.4) is 0 Å². The van der Waals surface area contributed by atoms with E-state index in [9.17, 15) is 5.11 Å². The average molecular weight is 338 g/mol. The van der Waals surface area contributed by atoms with Gasteiger partial charge in [0.2, 0.25) is 0 Å². The monoisotopic (exact) mass is 337 g/mol. The smallest absolute Gasteiger partial charge is 0.0815 e. The molecule has 0 atom stereocenters. The summed E-state index contributed by atoms with van der Waals surface area (Å²) in [7, 11) is 0. The summed E-state index contributed by atoms with van der Waals surface area (Å²) in [6.07, 6.45) is 1.41. The van der Waals surface area contributed by atoms with Crippen LogP contribution in [0.2, 0.25) is 5.02 Å². The van der Waals surface area contributed by atoms with Crippen LogP contribution < -0.4 is 5.32 Å². The fraction of sp³-hybridized carbons (Fsp3) is 0.412. The van der Waals surface area contributed by atoms with Crippen molar-refractivity contribution < 1.29 is 9.84 Å². The van der Waals surface area contributed by atoms with E-state index in [0.717, 1.165) is 17.1 Å². The lowest BCUT2D eigenvalue weighted by Crippen LogP contribution is -2.44. The van der Waals surface area contributed by atoms with Gasteiger partial charge in [-0.2, -0.15) is 0 Å². The third-order valence-electron chi connectivity index (χ3n) is 3.98. The zero-order valence-electron chi connectivity index (χ0n) is 12.3. The zero-order chi connectivity index (χ0) is 15.4. The fourth-order valence-corrected chi connectivity index (χ4v) is 3.94. The summed E-state index contributed by atoms with van der Waals surface area (Å²) in [6.45, 7) is 2.66. The molecule has 3 nitrogen and oxygen atoms in total. The molecule has 1 saturated heterocycles. The van der Waals surface area contributed by atoms with E-state index in [1.54, 1.807) is 11.3 Å². The van der Waals surface area contributed by atoms with Gasteiger partial charge in [-0.25, -0.2) is 0 Å². The third kappa shape index (κ3) is 3.89. The largest absolute Gasteiger partial charge is 0.388 e. The Morgan fingerprint density at radius 1 is 1.18 bits per heavy atom. The molecule has 0 bridgehead atoms. The van der Waals surface area contributed by atoms with E-state index in [1.807, 2.05) is 24.3 Å². The van der Waals surface area contributed by atoms with Crippen LogP contribution in [0.15, 0.2) is 36.4 Å². The quantitative estimate of drug-likeness (QED) is 0.874. The minimum absolute atomic E-state index is 0.607. The lowest BCUT2D eigenvalue weighted by atomic mass is 9.94. The van der Waals surface area contributed by atoms with E-state index >= 15 is 0 Å². The number of hydrogen-bond acceptors (Lipinski definition) is 4. The second-order valence-corrected chi connectivity index (χ2v) is 7.26. The maximum atomic E-state index is 10.4. The van der Waals surface area contributed by atoms with Gasteiger partial charge < -0.3 is 15.2 Å². The summed E-state index contributed by atoms with van der Waals surface area (Å²) in [5.41, 5.74) is 0.449. The molecule has 3 rings (SSSR count). The zero-order valence-corrected chi connectivity index (χ0v) is 13.9. The SMILES string of the molecule is OC1(CNCc2ccc(-c3ccccc3Cl)s2)CCOCC1. The summed E-state index contributed by atoms with van der Waals surface area (Å²) in [4.78, 5) is 2.41. The van der Waals surface area contributed by atoms with Crippen LogP contribution in [-0.2, 0) is 11.3 Å². The highest BCUT2D eigenvalue weighted by atomic mass is 35.5. The number of benzene rings is 1. The molecule has 1 aliphatic heterocycles. The number of rotatable bonds is 5. The number of aliphatic hydroxyl groups is 1. The Kier molecular flexibility index (Phi) is 5.16. The van der Waals surface area contributed by atoms with Crippen LogP contribution in [0.5, 0.6) is 0 Å². The van der Waals surface area contributed by atoms with Gasteiger partial charge in [-0.3, -0.25) is 0 Å². The van der Waals surface area contributed by atoms with Crippen molar-refractivity contribution in [3.8, 4) is 10.4 Å². The normalized spacial score (nSPS) is 17.5. The second kappa shape index (κ2) is 7.11. The molecule has 0 radical (unpaired) electrons. The van der Waals surface area contributed by atoms with Crippen molar-refractivity contribution in [1.82, 2.24) is 5.32 Å². The first-order valence-corrected chi connectivity index (χ1v) is 8.70. The van der Waals surface area contributed by atoms with Gasteiger partial charge in [0.1, 0.15) is 0 Å². The summed E-state index contributed by atoms with van der Waals surface area (Å²) in [5, 5.41) is 14.6. The number of ether oxygens (including phenoxy) is 1.